The number of amides is 2. The van der Waals surface area contributed by atoms with Crippen molar-refractivity contribution >= 4 is 40.6 Å². The van der Waals surface area contributed by atoms with E-state index in [-0.39, 0.29) is 5.91 Å². The molecule has 10 nitrogen and oxygen atoms in total. The minimum absolute atomic E-state index is 0.305. The minimum Gasteiger partial charge on any atom is -0.381 e. The van der Waals surface area contributed by atoms with Crippen molar-refractivity contribution in [1.29, 1.82) is 0 Å². The fourth-order valence-corrected chi connectivity index (χ4v) is 3.73. The lowest BCUT2D eigenvalue weighted by Crippen LogP contribution is -2.22. The Bertz CT molecular complexity index is 1180. The van der Waals surface area contributed by atoms with Gasteiger partial charge in [-0.05, 0) is 61.9 Å². The lowest BCUT2D eigenvalue weighted by molar-refractivity contribution is 0.0997. The average molecular weight is 475 g/mol. The normalized spacial score (nSPS) is 14.8. The van der Waals surface area contributed by atoms with Gasteiger partial charge in [-0.15, -0.1) is 0 Å². The first-order chi connectivity index (χ1) is 17.0. The molecule has 1 aliphatic rings. The fourth-order valence-electron chi connectivity index (χ4n) is 3.73. The van der Waals surface area contributed by atoms with Crippen LogP contribution in [0.5, 0.6) is 0 Å². The summed E-state index contributed by atoms with van der Waals surface area (Å²) in [6.45, 7) is 4.62. The number of hydrogen-bond donors (Lipinski definition) is 6. The van der Waals surface area contributed by atoms with Gasteiger partial charge in [0.1, 0.15) is 11.4 Å². The van der Waals surface area contributed by atoms with Crippen LogP contribution in [0.15, 0.2) is 54.7 Å². The Kier molecular flexibility index (Phi) is 7.74. The van der Waals surface area contributed by atoms with Crippen molar-refractivity contribution in [3.63, 3.8) is 0 Å². The third kappa shape index (κ3) is 6.45. The summed E-state index contributed by atoms with van der Waals surface area (Å²) in [6.07, 6.45) is 3.43. The number of benzene rings is 2. The van der Waals surface area contributed by atoms with Crippen LogP contribution in [0.2, 0.25) is 0 Å². The SMILES string of the molecule is CCCNc1nc(Nc2ccc(C(N)=O)cc2)ncc1C(=O)Nc1cccc(NC2CCNC2)c1. The Morgan fingerprint density at radius 1 is 1.11 bits per heavy atom. The molecule has 4 rings (SSSR count). The van der Waals surface area contributed by atoms with E-state index in [1.807, 2.05) is 31.2 Å². The molecule has 1 atom stereocenters. The smallest absolute Gasteiger partial charge is 0.260 e. The van der Waals surface area contributed by atoms with E-state index in [0.717, 1.165) is 31.6 Å². The van der Waals surface area contributed by atoms with Crippen molar-refractivity contribution in [2.45, 2.75) is 25.8 Å². The number of nitrogens with two attached hydrogens (primary N) is 1. The number of nitrogens with one attached hydrogen (secondary N) is 5. The van der Waals surface area contributed by atoms with Gasteiger partial charge in [0.15, 0.2) is 0 Å². The predicted molar refractivity (Wildman–Crippen MR) is 138 cm³/mol. The number of aromatic nitrogens is 2. The van der Waals surface area contributed by atoms with E-state index in [1.165, 1.54) is 6.20 Å². The highest BCUT2D eigenvalue weighted by Gasteiger charge is 2.17. The van der Waals surface area contributed by atoms with Gasteiger partial charge >= 0.3 is 0 Å². The molecule has 35 heavy (non-hydrogen) atoms. The molecule has 7 N–H and O–H groups in total. The molecule has 1 saturated heterocycles. The zero-order chi connectivity index (χ0) is 24.6. The van der Waals surface area contributed by atoms with Gasteiger partial charge in [0.05, 0.1) is 0 Å². The highest BCUT2D eigenvalue weighted by atomic mass is 16.2. The third-order valence-corrected chi connectivity index (χ3v) is 5.55. The maximum absolute atomic E-state index is 13.1. The summed E-state index contributed by atoms with van der Waals surface area (Å²) in [5.74, 6) is -0.0445. The van der Waals surface area contributed by atoms with Crippen molar-refractivity contribution in [3.8, 4) is 0 Å². The van der Waals surface area contributed by atoms with Gasteiger partial charge in [-0.25, -0.2) is 4.98 Å². The standard InChI is InChI=1S/C25H30N8O2/c1-2-11-28-23-21(15-29-25(33-23)32-17-8-6-16(7-9-17)22(26)34)24(35)31-19-5-3-4-18(13-19)30-20-10-12-27-14-20/h3-9,13,15,20,27,30H,2,10-12,14H2,1H3,(H2,26,34)(H,31,35)(H2,28,29,32,33). The van der Waals surface area contributed by atoms with Crippen LogP contribution >= 0.6 is 0 Å². The highest BCUT2D eigenvalue weighted by Crippen LogP contribution is 2.22. The van der Waals surface area contributed by atoms with E-state index in [9.17, 15) is 9.59 Å². The number of anilines is 5. The Morgan fingerprint density at radius 2 is 1.91 bits per heavy atom. The number of hydrogen-bond acceptors (Lipinski definition) is 8. The molecule has 2 aromatic carbocycles. The van der Waals surface area contributed by atoms with Crippen LogP contribution in [-0.2, 0) is 0 Å². The topological polar surface area (TPSA) is 146 Å². The Balaban J connectivity index is 1.48. The predicted octanol–water partition coefficient (Wildman–Crippen LogP) is 3.17. The first-order valence-electron chi connectivity index (χ1n) is 11.7. The molecule has 0 aliphatic carbocycles. The Labute approximate surface area is 204 Å². The number of carbonyl (C=O) groups excluding carboxylic acids is 2. The first kappa shape index (κ1) is 24.0. The van der Waals surface area contributed by atoms with E-state index in [2.05, 4.69) is 36.6 Å². The van der Waals surface area contributed by atoms with Crippen LogP contribution in [0.1, 0.15) is 40.5 Å². The monoisotopic (exact) mass is 474 g/mol. The molecule has 0 saturated carbocycles. The van der Waals surface area contributed by atoms with Crippen LogP contribution < -0.4 is 32.3 Å². The second kappa shape index (κ2) is 11.3. The molecule has 10 heteroatoms. The summed E-state index contributed by atoms with van der Waals surface area (Å²) in [5, 5.41) is 16.1. The molecule has 1 fully saturated rings. The zero-order valence-electron chi connectivity index (χ0n) is 19.6. The van der Waals surface area contributed by atoms with Gasteiger partial charge < -0.3 is 32.3 Å². The molecule has 1 aliphatic heterocycles. The molecular formula is C25H30N8O2. The summed E-state index contributed by atoms with van der Waals surface area (Å²) in [7, 11) is 0. The molecule has 2 heterocycles. The van der Waals surface area contributed by atoms with Crippen LogP contribution in [0.3, 0.4) is 0 Å². The maximum Gasteiger partial charge on any atom is 0.260 e. The lowest BCUT2D eigenvalue weighted by atomic mass is 10.2. The molecule has 1 unspecified atom stereocenters. The summed E-state index contributed by atoms with van der Waals surface area (Å²) in [4.78, 5) is 33.2. The first-order valence-corrected chi connectivity index (χ1v) is 11.7. The van der Waals surface area contributed by atoms with Crippen molar-refractivity contribution < 1.29 is 9.59 Å². The van der Waals surface area contributed by atoms with Crippen LogP contribution in [0.4, 0.5) is 28.8 Å². The van der Waals surface area contributed by atoms with Gasteiger partial charge in [0.25, 0.3) is 5.91 Å². The van der Waals surface area contributed by atoms with Crippen molar-refractivity contribution in [2.24, 2.45) is 5.73 Å². The van der Waals surface area contributed by atoms with Gasteiger partial charge in [0.2, 0.25) is 11.9 Å². The van der Waals surface area contributed by atoms with E-state index in [1.54, 1.807) is 24.3 Å². The van der Waals surface area contributed by atoms with Gasteiger partial charge in [-0.3, -0.25) is 9.59 Å². The zero-order valence-corrected chi connectivity index (χ0v) is 19.6. The van der Waals surface area contributed by atoms with Gasteiger partial charge in [-0.1, -0.05) is 13.0 Å². The minimum atomic E-state index is -0.494. The number of nitrogens with zero attached hydrogens (tertiary/aromatic N) is 2. The van der Waals surface area contributed by atoms with Crippen molar-refractivity contribution in [3.05, 3.63) is 65.9 Å². The van der Waals surface area contributed by atoms with E-state index in [0.29, 0.717) is 46.9 Å². The second-order valence-corrected chi connectivity index (χ2v) is 8.32. The van der Waals surface area contributed by atoms with Crippen LogP contribution in [0, 0.1) is 0 Å². The summed E-state index contributed by atoms with van der Waals surface area (Å²) >= 11 is 0. The fraction of sp³-hybridized carbons (Fsp3) is 0.280. The highest BCUT2D eigenvalue weighted by molar-refractivity contribution is 6.07. The lowest BCUT2D eigenvalue weighted by Gasteiger charge is -2.15. The number of carbonyl (C=O) groups is 2. The average Bonchev–Trinajstić information content (AvgIpc) is 3.36. The molecule has 0 radical (unpaired) electrons. The quantitative estimate of drug-likeness (QED) is 0.263. The largest absolute Gasteiger partial charge is 0.381 e. The summed E-state index contributed by atoms with van der Waals surface area (Å²) < 4.78 is 0. The molecule has 1 aromatic heterocycles. The van der Waals surface area contributed by atoms with Crippen LogP contribution in [0.25, 0.3) is 0 Å². The molecule has 0 spiro atoms. The maximum atomic E-state index is 13.1. The van der Waals surface area contributed by atoms with Crippen molar-refractivity contribution in [1.82, 2.24) is 15.3 Å². The van der Waals surface area contributed by atoms with E-state index in [4.69, 9.17) is 5.73 Å². The second-order valence-electron chi connectivity index (χ2n) is 8.32. The Morgan fingerprint density at radius 3 is 2.63 bits per heavy atom. The van der Waals surface area contributed by atoms with E-state index >= 15 is 0 Å². The summed E-state index contributed by atoms with van der Waals surface area (Å²) in [6, 6.07) is 14.7. The molecule has 0 bridgehead atoms. The molecule has 182 valence electrons. The third-order valence-electron chi connectivity index (χ3n) is 5.55. The Hall–Kier alpha value is -4.18. The molecular weight excluding hydrogens is 444 g/mol. The molecule has 2 amide bonds. The molecule has 3 aromatic rings. The van der Waals surface area contributed by atoms with Crippen molar-refractivity contribution in [2.75, 3.05) is 40.9 Å². The van der Waals surface area contributed by atoms with Gasteiger partial charge in [-0.2, -0.15) is 4.98 Å². The van der Waals surface area contributed by atoms with E-state index < -0.39 is 5.91 Å². The number of rotatable bonds is 10. The number of primary amides is 1. The van der Waals surface area contributed by atoms with Crippen LogP contribution in [-0.4, -0.2) is 47.5 Å². The summed E-state index contributed by atoms with van der Waals surface area (Å²) in [5.41, 5.74) is 8.37. The van der Waals surface area contributed by atoms with Gasteiger partial charge in [0, 0.05) is 48.0 Å².